The largest absolute Gasteiger partial charge is 0.497 e. The molecule has 0 amide bonds. The van der Waals surface area contributed by atoms with Crippen LogP contribution in [0.5, 0.6) is 5.75 Å². The molecule has 0 radical (unpaired) electrons. The van der Waals surface area contributed by atoms with Crippen molar-refractivity contribution in [2.45, 2.75) is 31.5 Å². The maximum absolute atomic E-state index is 11.0. The van der Waals surface area contributed by atoms with Gasteiger partial charge in [-0.05, 0) is 73.5 Å². The van der Waals surface area contributed by atoms with Crippen molar-refractivity contribution in [2.75, 3.05) is 26.7 Å². The average Bonchev–Trinajstić information content (AvgIpc) is 3.31. The Morgan fingerprint density at radius 1 is 1.09 bits per heavy atom. The quantitative estimate of drug-likeness (QED) is 0.446. The van der Waals surface area contributed by atoms with Crippen LogP contribution < -0.4 is 10.1 Å². The van der Waals surface area contributed by atoms with E-state index in [0.29, 0.717) is 12.6 Å². The molecule has 2 aromatic heterocycles. The Morgan fingerprint density at radius 2 is 1.91 bits per heavy atom. The Bertz CT molecular complexity index is 1210. The monoisotopic (exact) mass is 449 g/mol. The summed E-state index contributed by atoms with van der Waals surface area (Å²) in [6.07, 6.45) is 3.34. The van der Waals surface area contributed by atoms with Crippen LogP contribution in [0.15, 0.2) is 48.7 Å². The van der Waals surface area contributed by atoms with Crippen molar-refractivity contribution >= 4 is 33.7 Å². The maximum atomic E-state index is 11.0. The van der Waals surface area contributed by atoms with E-state index in [1.807, 2.05) is 30.3 Å². The summed E-state index contributed by atoms with van der Waals surface area (Å²) in [5, 5.41) is 15.6. The van der Waals surface area contributed by atoms with Crippen LogP contribution in [0.3, 0.4) is 0 Å². The van der Waals surface area contributed by atoms with E-state index >= 15 is 0 Å². The van der Waals surface area contributed by atoms with Gasteiger partial charge in [0.1, 0.15) is 16.8 Å². The number of fused-ring (bicyclic) bond motifs is 2. The number of hydrogen-bond acceptors (Lipinski definition) is 8. The molecule has 0 saturated carbocycles. The normalized spacial score (nSPS) is 16.6. The zero-order chi connectivity index (χ0) is 21.9. The van der Waals surface area contributed by atoms with Crippen molar-refractivity contribution in [1.29, 1.82) is 0 Å². The Balaban J connectivity index is 1.16. The number of aliphatic hydroxyl groups is 1. The summed E-state index contributed by atoms with van der Waals surface area (Å²) in [7, 11) is 1.65. The molecule has 1 atom stereocenters. The van der Waals surface area contributed by atoms with Crippen LogP contribution in [0, 0.1) is 0 Å². The standard InChI is InChI=1S/C24H27N5O2S/c1-31-18-3-5-21-20(13-18)19(6-9-25-21)24(30)15-29-10-7-17(8-11-29)26-14-16-2-4-22-23(12-16)28-32-27-22/h2-6,9,12-13,17,24,26,30H,7-8,10-11,14-15H2,1H3/t24-/m0/s1. The highest BCUT2D eigenvalue weighted by molar-refractivity contribution is 7.00. The fourth-order valence-corrected chi connectivity index (χ4v) is 4.94. The highest BCUT2D eigenvalue weighted by atomic mass is 32.1. The Hall–Kier alpha value is -2.65. The van der Waals surface area contributed by atoms with E-state index in [-0.39, 0.29) is 0 Å². The minimum absolute atomic E-state index is 0.485. The lowest BCUT2D eigenvalue weighted by atomic mass is 10.0. The van der Waals surface area contributed by atoms with Crippen molar-refractivity contribution in [1.82, 2.24) is 23.9 Å². The van der Waals surface area contributed by atoms with Gasteiger partial charge < -0.3 is 20.1 Å². The summed E-state index contributed by atoms with van der Waals surface area (Å²) in [5.74, 6) is 0.774. The number of methoxy groups -OCH3 is 1. The maximum Gasteiger partial charge on any atom is 0.119 e. The number of nitrogens with one attached hydrogen (secondary N) is 1. The second-order valence-electron chi connectivity index (χ2n) is 8.34. The van der Waals surface area contributed by atoms with E-state index in [4.69, 9.17) is 4.74 Å². The molecule has 32 heavy (non-hydrogen) atoms. The van der Waals surface area contributed by atoms with Crippen LogP contribution in [-0.2, 0) is 6.54 Å². The lowest BCUT2D eigenvalue weighted by molar-refractivity contribution is 0.0949. The molecule has 5 rings (SSSR count). The topological polar surface area (TPSA) is 83.4 Å². The van der Waals surface area contributed by atoms with Gasteiger partial charge in [0.2, 0.25) is 0 Å². The number of β-amino-alcohol motifs (C(OH)–C–C–N with tert-alkyl or cyclic N) is 1. The summed E-state index contributed by atoms with van der Waals surface area (Å²) in [5.41, 5.74) is 4.95. The number of aromatic nitrogens is 3. The highest BCUT2D eigenvalue weighted by Gasteiger charge is 2.22. The third-order valence-corrected chi connectivity index (χ3v) is 6.83. The Morgan fingerprint density at radius 3 is 2.75 bits per heavy atom. The van der Waals surface area contributed by atoms with Crippen LogP contribution in [0.2, 0.25) is 0 Å². The molecule has 7 nitrogen and oxygen atoms in total. The van der Waals surface area contributed by atoms with Gasteiger partial charge in [-0.3, -0.25) is 4.98 Å². The van der Waals surface area contributed by atoms with E-state index < -0.39 is 6.10 Å². The summed E-state index contributed by atoms with van der Waals surface area (Å²) in [6.45, 7) is 3.40. The number of hydrogen-bond donors (Lipinski definition) is 2. The van der Waals surface area contributed by atoms with Crippen molar-refractivity contribution in [2.24, 2.45) is 0 Å². The van der Waals surface area contributed by atoms with Crippen LogP contribution in [-0.4, -0.2) is 56.5 Å². The van der Waals surface area contributed by atoms with Gasteiger partial charge in [-0.2, -0.15) is 8.75 Å². The van der Waals surface area contributed by atoms with Crippen molar-refractivity contribution in [3.63, 3.8) is 0 Å². The first kappa shape index (κ1) is 21.2. The van der Waals surface area contributed by atoms with Gasteiger partial charge in [-0.25, -0.2) is 0 Å². The van der Waals surface area contributed by atoms with E-state index in [1.54, 1.807) is 13.3 Å². The van der Waals surface area contributed by atoms with Crippen LogP contribution in [0.25, 0.3) is 21.9 Å². The third-order valence-electron chi connectivity index (χ3n) is 6.27. The molecule has 3 heterocycles. The summed E-state index contributed by atoms with van der Waals surface area (Å²) in [6, 6.07) is 14.5. The van der Waals surface area contributed by atoms with Crippen LogP contribution in [0.1, 0.15) is 30.1 Å². The number of piperidine rings is 1. The molecule has 1 saturated heterocycles. The molecule has 0 bridgehead atoms. The lowest BCUT2D eigenvalue weighted by Gasteiger charge is -2.33. The zero-order valence-corrected chi connectivity index (χ0v) is 18.9. The molecular formula is C24H27N5O2S. The number of nitrogens with zero attached hydrogens (tertiary/aromatic N) is 4. The predicted octanol–water partition coefficient (Wildman–Crippen LogP) is 3.54. The van der Waals surface area contributed by atoms with Crippen LogP contribution >= 0.6 is 11.7 Å². The van der Waals surface area contributed by atoms with Gasteiger partial charge in [0.25, 0.3) is 0 Å². The molecule has 8 heteroatoms. The molecule has 0 spiro atoms. The second kappa shape index (κ2) is 9.46. The first-order valence-electron chi connectivity index (χ1n) is 11.0. The minimum Gasteiger partial charge on any atom is -0.497 e. The molecule has 1 aliphatic rings. The first-order chi connectivity index (χ1) is 15.7. The fourth-order valence-electron chi connectivity index (χ4n) is 4.43. The smallest absolute Gasteiger partial charge is 0.119 e. The predicted molar refractivity (Wildman–Crippen MR) is 127 cm³/mol. The number of rotatable bonds is 7. The SMILES string of the molecule is COc1ccc2nccc([C@@H](O)CN3CCC(NCc4ccc5nsnc5c4)CC3)c2c1. The first-order valence-corrected chi connectivity index (χ1v) is 11.7. The zero-order valence-electron chi connectivity index (χ0n) is 18.1. The van der Waals surface area contributed by atoms with Gasteiger partial charge in [-0.15, -0.1) is 0 Å². The molecule has 2 N–H and O–H groups in total. The molecule has 2 aromatic carbocycles. The molecule has 1 aliphatic heterocycles. The molecule has 0 unspecified atom stereocenters. The average molecular weight is 450 g/mol. The van der Waals surface area contributed by atoms with Crippen molar-refractivity contribution in [3.8, 4) is 5.75 Å². The summed E-state index contributed by atoms with van der Waals surface area (Å²) < 4.78 is 13.9. The molecule has 166 valence electrons. The second-order valence-corrected chi connectivity index (χ2v) is 8.87. The highest BCUT2D eigenvalue weighted by Crippen LogP contribution is 2.27. The van der Waals surface area contributed by atoms with Gasteiger partial charge in [0.05, 0.1) is 30.5 Å². The number of benzene rings is 2. The number of ether oxygens (including phenoxy) is 1. The van der Waals surface area contributed by atoms with Gasteiger partial charge in [0.15, 0.2) is 0 Å². The van der Waals surface area contributed by atoms with E-state index in [0.717, 1.165) is 65.7 Å². The molecule has 0 aliphatic carbocycles. The van der Waals surface area contributed by atoms with Gasteiger partial charge in [0, 0.05) is 30.7 Å². The van der Waals surface area contributed by atoms with Crippen molar-refractivity contribution < 1.29 is 9.84 Å². The third kappa shape index (κ3) is 4.59. The summed E-state index contributed by atoms with van der Waals surface area (Å²) in [4.78, 5) is 6.77. The molecule has 1 fully saturated rings. The number of likely N-dealkylation sites (tertiary alicyclic amines) is 1. The van der Waals surface area contributed by atoms with Crippen LogP contribution in [0.4, 0.5) is 0 Å². The van der Waals surface area contributed by atoms with Gasteiger partial charge >= 0.3 is 0 Å². The molecular weight excluding hydrogens is 422 g/mol. The van der Waals surface area contributed by atoms with Gasteiger partial charge in [-0.1, -0.05) is 6.07 Å². The fraction of sp³-hybridized carbons (Fsp3) is 0.375. The van der Waals surface area contributed by atoms with E-state index in [2.05, 4.69) is 36.1 Å². The summed E-state index contributed by atoms with van der Waals surface area (Å²) >= 11 is 1.26. The number of aliphatic hydroxyl groups excluding tert-OH is 1. The van der Waals surface area contributed by atoms with E-state index in [1.165, 1.54) is 17.3 Å². The Labute approximate surface area is 191 Å². The Kier molecular flexibility index (Phi) is 6.27. The van der Waals surface area contributed by atoms with E-state index in [9.17, 15) is 5.11 Å². The molecule has 4 aromatic rings. The minimum atomic E-state index is -0.560. The number of pyridine rings is 1. The lowest BCUT2D eigenvalue weighted by Crippen LogP contribution is -2.43. The van der Waals surface area contributed by atoms with Crippen molar-refractivity contribution in [3.05, 3.63) is 59.8 Å².